The van der Waals surface area contributed by atoms with Gasteiger partial charge in [-0.2, -0.15) is 13.2 Å². The number of alkyl halides is 3. The third-order valence-corrected chi connectivity index (χ3v) is 2.92. The normalized spacial score (nSPS) is 15.3. The summed E-state index contributed by atoms with van der Waals surface area (Å²) in [5.74, 6) is 0.198. The molecule has 0 spiro atoms. The minimum atomic E-state index is -4.46. The van der Waals surface area contributed by atoms with E-state index in [2.05, 4.69) is 0 Å². The van der Waals surface area contributed by atoms with E-state index in [0.717, 1.165) is 11.1 Å². The van der Waals surface area contributed by atoms with Crippen LogP contribution >= 0.6 is 0 Å². The average molecular weight is 261 g/mol. The second kappa shape index (κ2) is 5.61. The first kappa shape index (κ1) is 14.8. The smallest absolute Gasteiger partial charge is 0.426 e. The Kier molecular flexibility index (Phi) is 4.62. The summed E-state index contributed by atoms with van der Waals surface area (Å²) in [6, 6.07) is 3.79. The van der Waals surface area contributed by atoms with E-state index in [-0.39, 0.29) is 12.2 Å². The molecular formula is C13H18F3NO. The number of ether oxygens (including phenoxy) is 1. The Balaban J connectivity index is 2.93. The van der Waals surface area contributed by atoms with Crippen LogP contribution in [-0.2, 0) is 0 Å². The highest BCUT2D eigenvalue weighted by Crippen LogP contribution is 2.28. The number of hydrogen-bond donors (Lipinski definition) is 1. The number of nitrogens with two attached hydrogens (primary N) is 1. The molecule has 0 heterocycles. The van der Waals surface area contributed by atoms with Gasteiger partial charge < -0.3 is 10.5 Å². The lowest BCUT2D eigenvalue weighted by molar-refractivity contribution is -0.200. The highest BCUT2D eigenvalue weighted by molar-refractivity contribution is 5.34. The number of benzene rings is 1. The summed E-state index contributed by atoms with van der Waals surface area (Å²) in [6.07, 6.45) is -6.23. The predicted octanol–water partition coefficient (Wildman–Crippen LogP) is 3.35. The predicted molar refractivity (Wildman–Crippen MR) is 64.7 cm³/mol. The van der Waals surface area contributed by atoms with Crippen molar-refractivity contribution in [1.29, 1.82) is 0 Å². The molecule has 1 rings (SSSR count). The van der Waals surface area contributed by atoms with Crippen molar-refractivity contribution in [2.24, 2.45) is 5.73 Å². The van der Waals surface area contributed by atoms with Crippen molar-refractivity contribution >= 4 is 0 Å². The van der Waals surface area contributed by atoms with E-state index in [1.807, 2.05) is 13.8 Å². The molecule has 0 radical (unpaired) electrons. The fourth-order valence-corrected chi connectivity index (χ4v) is 1.54. The molecule has 0 aromatic heterocycles. The standard InChI is InChI=1S/C13H18F3NO/c1-4-11(17)12(13(14,15)16)18-10-6-5-8(2)9(3)7-10/h5-7,11-12H,4,17H2,1-3H3. The fraction of sp³-hybridized carbons (Fsp3) is 0.538. The van der Waals surface area contributed by atoms with Gasteiger partial charge >= 0.3 is 6.18 Å². The zero-order chi connectivity index (χ0) is 13.9. The molecule has 0 aliphatic heterocycles. The first-order valence-electron chi connectivity index (χ1n) is 5.82. The molecule has 0 aliphatic rings. The molecule has 18 heavy (non-hydrogen) atoms. The Hall–Kier alpha value is -1.23. The molecule has 2 N–H and O–H groups in total. The molecule has 1 aromatic carbocycles. The lowest BCUT2D eigenvalue weighted by Crippen LogP contribution is -2.48. The lowest BCUT2D eigenvalue weighted by Gasteiger charge is -2.26. The van der Waals surface area contributed by atoms with E-state index in [9.17, 15) is 13.2 Å². The van der Waals surface area contributed by atoms with E-state index in [1.54, 1.807) is 19.1 Å². The topological polar surface area (TPSA) is 35.2 Å². The molecule has 0 bridgehead atoms. The number of aryl methyl sites for hydroxylation is 2. The molecule has 0 saturated carbocycles. The third-order valence-electron chi connectivity index (χ3n) is 2.92. The van der Waals surface area contributed by atoms with Crippen molar-refractivity contribution in [3.05, 3.63) is 29.3 Å². The van der Waals surface area contributed by atoms with Crippen molar-refractivity contribution in [1.82, 2.24) is 0 Å². The van der Waals surface area contributed by atoms with Crippen molar-refractivity contribution < 1.29 is 17.9 Å². The van der Waals surface area contributed by atoms with Gasteiger partial charge in [-0.3, -0.25) is 0 Å². The van der Waals surface area contributed by atoms with Gasteiger partial charge in [-0.15, -0.1) is 0 Å². The molecular weight excluding hydrogens is 243 g/mol. The average Bonchev–Trinajstić information content (AvgIpc) is 2.28. The Morgan fingerprint density at radius 2 is 1.83 bits per heavy atom. The van der Waals surface area contributed by atoms with Crippen LogP contribution < -0.4 is 10.5 Å². The quantitative estimate of drug-likeness (QED) is 0.902. The molecule has 2 nitrogen and oxygen atoms in total. The van der Waals surface area contributed by atoms with Gasteiger partial charge in [-0.25, -0.2) is 0 Å². The van der Waals surface area contributed by atoms with Crippen LogP contribution in [-0.4, -0.2) is 18.3 Å². The second-order valence-electron chi connectivity index (χ2n) is 4.40. The van der Waals surface area contributed by atoms with E-state index in [1.165, 1.54) is 6.07 Å². The van der Waals surface area contributed by atoms with Crippen LogP contribution in [0.15, 0.2) is 18.2 Å². The highest BCUT2D eigenvalue weighted by atomic mass is 19.4. The van der Waals surface area contributed by atoms with Gasteiger partial charge in [0.15, 0.2) is 0 Å². The molecule has 1 aromatic rings. The third kappa shape index (κ3) is 3.63. The van der Waals surface area contributed by atoms with Crippen LogP contribution in [0.2, 0.25) is 0 Å². The Bertz CT molecular complexity index is 404. The molecule has 5 heteroatoms. The Morgan fingerprint density at radius 1 is 1.22 bits per heavy atom. The van der Waals surface area contributed by atoms with Crippen LogP contribution in [0.1, 0.15) is 24.5 Å². The first-order valence-corrected chi connectivity index (χ1v) is 5.82. The van der Waals surface area contributed by atoms with Gasteiger partial charge in [0, 0.05) is 0 Å². The summed E-state index contributed by atoms with van der Waals surface area (Å²) < 4.78 is 43.5. The van der Waals surface area contributed by atoms with Crippen molar-refractivity contribution in [2.45, 2.75) is 45.5 Å². The van der Waals surface area contributed by atoms with Gasteiger partial charge in [0.2, 0.25) is 6.10 Å². The molecule has 0 fully saturated rings. The van der Waals surface area contributed by atoms with Crippen LogP contribution in [0, 0.1) is 13.8 Å². The summed E-state index contributed by atoms with van der Waals surface area (Å²) in [4.78, 5) is 0. The first-order chi connectivity index (χ1) is 8.25. The summed E-state index contributed by atoms with van der Waals surface area (Å²) in [5.41, 5.74) is 7.37. The van der Waals surface area contributed by atoms with E-state index < -0.39 is 18.3 Å². The fourth-order valence-electron chi connectivity index (χ4n) is 1.54. The maximum Gasteiger partial charge on any atom is 0.426 e. The lowest BCUT2D eigenvalue weighted by atomic mass is 10.1. The highest BCUT2D eigenvalue weighted by Gasteiger charge is 2.45. The minimum absolute atomic E-state index is 0.198. The molecule has 102 valence electrons. The molecule has 2 atom stereocenters. The largest absolute Gasteiger partial charge is 0.479 e. The maximum absolute atomic E-state index is 12.8. The monoisotopic (exact) mass is 261 g/mol. The van der Waals surface area contributed by atoms with Crippen molar-refractivity contribution in [3.8, 4) is 5.75 Å². The van der Waals surface area contributed by atoms with E-state index >= 15 is 0 Å². The van der Waals surface area contributed by atoms with Gasteiger partial charge in [0.05, 0.1) is 6.04 Å². The summed E-state index contributed by atoms with van der Waals surface area (Å²) >= 11 is 0. The van der Waals surface area contributed by atoms with Crippen LogP contribution in [0.25, 0.3) is 0 Å². The zero-order valence-corrected chi connectivity index (χ0v) is 10.7. The van der Waals surface area contributed by atoms with Gasteiger partial charge in [-0.1, -0.05) is 13.0 Å². The Morgan fingerprint density at radius 3 is 2.28 bits per heavy atom. The number of halogens is 3. The minimum Gasteiger partial charge on any atom is -0.479 e. The van der Waals surface area contributed by atoms with Crippen LogP contribution in [0.5, 0.6) is 5.75 Å². The molecule has 0 aliphatic carbocycles. The second-order valence-corrected chi connectivity index (χ2v) is 4.40. The summed E-state index contributed by atoms with van der Waals surface area (Å²) in [5, 5.41) is 0. The molecule has 2 unspecified atom stereocenters. The van der Waals surface area contributed by atoms with Gasteiger partial charge in [-0.05, 0) is 43.5 Å². The van der Waals surface area contributed by atoms with Crippen molar-refractivity contribution in [3.63, 3.8) is 0 Å². The van der Waals surface area contributed by atoms with E-state index in [4.69, 9.17) is 10.5 Å². The van der Waals surface area contributed by atoms with E-state index in [0.29, 0.717) is 0 Å². The number of rotatable bonds is 4. The van der Waals surface area contributed by atoms with Crippen LogP contribution in [0.3, 0.4) is 0 Å². The van der Waals surface area contributed by atoms with Gasteiger partial charge in [0.1, 0.15) is 5.75 Å². The van der Waals surface area contributed by atoms with Crippen LogP contribution in [0.4, 0.5) is 13.2 Å². The Labute approximate surface area is 105 Å². The maximum atomic E-state index is 12.8. The SMILES string of the molecule is CCC(N)C(Oc1ccc(C)c(C)c1)C(F)(F)F. The molecule has 0 saturated heterocycles. The molecule has 0 amide bonds. The summed E-state index contributed by atoms with van der Waals surface area (Å²) in [6.45, 7) is 5.32. The van der Waals surface area contributed by atoms with Crippen molar-refractivity contribution in [2.75, 3.05) is 0 Å². The summed E-state index contributed by atoms with van der Waals surface area (Å²) in [7, 11) is 0. The van der Waals surface area contributed by atoms with Gasteiger partial charge in [0.25, 0.3) is 0 Å². The number of hydrogen-bond acceptors (Lipinski definition) is 2. The zero-order valence-electron chi connectivity index (χ0n) is 10.7.